The van der Waals surface area contributed by atoms with Gasteiger partial charge in [0.05, 0.1) is 29.2 Å². The molecule has 4 rings (SSSR count). The Hall–Kier alpha value is -3.53. The van der Waals surface area contributed by atoms with Crippen LogP contribution in [0.4, 0.5) is 24.5 Å². The number of carbonyl (C=O) groups is 1. The third kappa shape index (κ3) is 8.25. The number of aromatic nitrogens is 1. The summed E-state index contributed by atoms with van der Waals surface area (Å²) in [7, 11) is -3.81. The monoisotopic (exact) mass is 589 g/mol. The van der Waals surface area contributed by atoms with Crippen LogP contribution < -0.4 is 15.8 Å². The molecule has 12 heteroatoms. The Morgan fingerprint density at radius 2 is 1.80 bits per heavy atom. The van der Waals surface area contributed by atoms with E-state index in [9.17, 15) is 26.4 Å². The van der Waals surface area contributed by atoms with Crippen molar-refractivity contribution < 1.29 is 26.4 Å². The molecule has 220 valence electrons. The highest BCUT2D eigenvalue weighted by molar-refractivity contribution is 7.89. The van der Waals surface area contributed by atoms with E-state index in [0.29, 0.717) is 23.1 Å². The fourth-order valence-corrected chi connectivity index (χ4v) is 5.28. The Balaban J connectivity index is 1.49. The molecule has 41 heavy (non-hydrogen) atoms. The maximum Gasteiger partial charge on any atom is 0.406 e. The Kier molecular flexibility index (Phi) is 9.31. The van der Waals surface area contributed by atoms with Crippen LogP contribution in [0, 0.1) is 17.8 Å². The fourth-order valence-electron chi connectivity index (χ4n) is 4.77. The minimum atomic E-state index is -4.44. The summed E-state index contributed by atoms with van der Waals surface area (Å²) in [5.74, 6) is 5.95. The lowest BCUT2D eigenvalue weighted by Gasteiger charge is -2.32. The smallest absolute Gasteiger partial charge is 0.382 e. The van der Waals surface area contributed by atoms with Gasteiger partial charge in [0, 0.05) is 41.8 Å². The van der Waals surface area contributed by atoms with Crippen LogP contribution >= 0.6 is 0 Å². The number of hydrogen-bond donors (Lipinski definition) is 3. The summed E-state index contributed by atoms with van der Waals surface area (Å²) in [6.07, 6.45) is -2.79. The third-order valence-corrected chi connectivity index (χ3v) is 7.96. The van der Waals surface area contributed by atoms with E-state index in [4.69, 9.17) is 5.14 Å². The van der Waals surface area contributed by atoms with Crippen LogP contribution in [-0.2, 0) is 21.4 Å². The lowest BCUT2D eigenvalue weighted by Crippen LogP contribution is -2.42. The van der Waals surface area contributed by atoms with Crippen LogP contribution in [0.5, 0.6) is 0 Å². The van der Waals surface area contributed by atoms with Crippen LogP contribution in [0.3, 0.4) is 0 Å². The second kappa shape index (κ2) is 12.5. The van der Waals surface area contributed by atoms with E-state index in [0.717, 1.165) is 31.6 Å². The molecule has 1 saturated heterocycles. The number of sulfonamides is 1. The minimum Gasteiger partial charge on any atom is -0.382 e. The molecule has 1 aliphatic heterocycles. The van der Waals surface area contributed by atoms with Crippen LogP contribution in [0.1, 0.15) is 32.4 Å². The molecule has 1 aliphatic rings. The maximum atomic E-state index is 13.5. The number of benzene rings is 2. The van der Waals surface area contributed by atoms with Gasteiger partial charge in [-0.05, 0) is 61.2 Å². The van der Waals surface area contributed by atoms with Crippen molar-refractivity contribution in [2.75, 3.05) is 36.8 Å². The van der Waals surface area contributed by atoms with Gasteiger partial charge in [-0.15, -0.1) is 0 Å². The van der Waals surface area contributed by atoms with Crippen molar-refractivity contribution in [3.05, 3.63) is 54.2 Å². The van der Waals surface area contributed by atoms with Crippen molar-refractivity contribution in [2.24, 2.45) is 11.1 Å². The first-order valence-corrected chi connectivity index (χ1v) is 14.9. The van der Waals surface area contributed by atoms with Gasteiger partial charge in [0.2, 0.25) is 10.0 Å². The van der Waals surface area contributed by atoms with Crippen molar-refractivity contribution in [1.82, 2.24) is 9.47 Å². The number of nitrogens with zero attached hydrogens (tertiary/aromatic N) is 2. The van der Waals surface area contributed by atoms with Crippen LogP contribution in [0.15, 0.2) is 53.4 Å². The molecule has 2 aromatic carbocycles. The highest BCUT2D eigenvalue weighted by Crippen LogP contribution is 2.31. The Morgan fingerprint density at radius 3 is 2.41 bits per heavy atom. The van der Waals surface area contributed by atoms with E-state index in [1.54, 1.807) is 18.2 Å². The molecular formula is C29H34F3N5O3S. The van der Waals surface area contributed by atoms with Gasteiger partial charge in [0.25, 0.3) is 0 Å². The number of alkyl halides is 3. The number of carbonyl (C=O) groups excluding carboxylic acids is 1. The SMILES string of the molecule is CC(C)C(=O)CN1CCC(Nc2cccc3c2cc(C#CCNc2ccc(S(N)(=O)=O)cc2)n3CC(F)(F)F)CC1. The largest absolute Gasteiger partial charge is 0.406 e. The first kappa shape index (κ1) is 30.4. The summed E-state index contributed by atoms with van der Waals surface area (Å²) in [6, 6.07) is 12.8. The second-order valence-corrected chi connectivity index (χ2v) is 12.1. The summed E-state index contributed by atoms with van der Waals surface area (Å²) in [4.78, 5) is 14.2. The predicted molar refractivity (Wildman–Crippen MR) is 154 cm³/mol. The molecule has 0 unspecified atom stereocenters. The third-order valence-electron chi connectivity index (χ3n) is 7.03. The maximum absolute atomic E-state index is 13.5. The zero-order valence-electron chi connectivity index (χ0n) is 23.0. The molecule has 1 fully saturated rings. The quantitative estimate of drug-likeness (QED) is 0.319. The van der Waals surface area contributed by atoms with Gasteiger partial charge in [-0.2, -0.15) is 13.2 Å². The molecular weight excluding hydrogens is 555 g/mol. The van der Waals surface area contributed by atoms with E-state index in [1.807, 2.05) is 19.9 Å². The van der Waals surface area contributed by atoms with Gasteiger partial charge in [-0.1, -0.05) is 25.8 Å². The molecule has 4 N–H and O–H groups in total. The van der Waals surface area contributed by atoms with Gasteiger partial charge < -0.3 is 15.2 Å². The van der Waals surface area contributed by atoms with E-state index < -0.39 is 22.7 Å². The molecule has 3 aromatic rings. The first-order chi connectivity index (χ1) is 19.3. The molecule has 0 saturated carbocycles. The van der Waals surface area contributed by atoms with Gasteiger partial charge >= 0.3 is 6.18 Å². The van der Waals surface area contributed by atoms with Crippen molar-refractivity contribution in [3.63, 3.8) is 0 Å². The lowest BCUT2D eigenvalue weighted by molar-refractivity contribution is -0.140. The Labute approximate surface area is 238 Å². The van der Waals surface area contributed by atoms with Crippen molar-refractivity contribution >= 4 is 38.1 Å². The number of anilines is 2. The molecule has 1 aromatic heterocycles. The van der Waals surface area contributed by atoms with Gasteiger partial charge in [-0.25, -0.2) is 13.6 Å². The number of nitrogens with two attached hydrogens (primary N) is 1. The summed E-state index contributed by atoms with van der Waals surface area (Å²) in [6.45, 7) is 4.74. The summed E-state index contributed by atoms with van der Waals surface area (Å²) in [5, 5.41) is 12.3. The lowest BCUT2D eigenvalue weighted by atomic mass is 10.0. The van der Waals surface area contributed by atoms with E-state index in [2.05, 4.69) is 27.4 Å². The molecule has 0 spiro atoms. The number of halogens is 3. The van der Waals surface area contributed by atoms with Crippen LogP contribution in [0.2, 0.25) is 0 Å². The first-order valence-electron chi connectivity index (χ1n) is 13.4. The normalized spacial score (nSPS) is 15.1. The number of Topliss-reactive ketones (excluding diaryl/α,β-unsaturated/α-hetero) is 1. The number of hydrogen-bond acceptors (Lipinski definition) is 6. The number of fused-ring (bicyclic) bond motifs is 1. The number of primary sulfonamides is 1. The Bertz CT molecular complexity index is 1550. The number of likely N-dealkylation sites (tertiary alicyclic amines) is 1. The highest BCUT2D eigenvalue weighted by Gasteiger charge is 2.30. The molecule has 0 amide bonds. The molecule has 0 aliphatic carbocycles. The van der Waals surface area contributed by atoms with E-state index in [1.165, 1.54) is 28.8 Å². The number of piperidine rings is 1. The topological polar surface area (TPSA) is 109 Å². The molecule has 0 radical (unpaired) electrons. The molecule has 0 bridgehead atoms. The van der Waals surface area contributed by atoms with Gasteiger partial charge in [-0.3, -0.25) is 9.69 Å². The van der Waals surface area contributed by atoms with Gasteiger partial charge in [0.15, 0.2) is 0 Å². The second-order valence-electron chi connectivity index (χ2n) is 10.5. The fraction of sp³-hybridized carbons (Fsp3) is 0.414. The van der Waals surface area contributed by atoms with Crippen molar-refractivity contribution in [3.8, 4) is 11.8 Å². The Morgan fingerprint density at radius 1 is 1.12 bits per heavy atom. The predicted octanol–water partition coefficient (Wildman–Crippen LogP) is 4.42. The molecule has 2 heterocycles. The van der Waals surface area contributed by atoms with Crippen LogP contribution in [0.25, 0.3) is 10.9 Å². The zero-order valence-corrected chi connectivity index (χ0v) is 23.8. The van der Waals surface area contributed by atoms with Crippen LogP contribution in [-0.4, -0.2) is 62.1 Å². The zero-order chi connectivity index (χ0) is 29.8. The van der Waals surface area contributed by atoms with E-state index in [-0.39, 0.29) is 34.9 Å². The average molecular weight is 590 g/mol. The van der Waals surface area contributed by atoms with Crippen molar-refractivity contribution in [1.29, 1.82) is 0 Å². The summed E-state index contributed by atoms with van der Waals surface area (Å²) >= 11 is 0. The van der Waals surface area contributed by atoms with Gasteiger partial charge in [0.1, 0.15) is 12.3 Å². The molecule has 0 atom stereocenters. The summed E-state index contributed by atoms with van der Waals surface area (Å²) in [5.41, 5.74) is 2.01. The highest BCUT2D eigenvalue weighted by atomic mass is 32.2. The number of rotatable bonds is 9. The number of ketones is 1. The number of nitrogens with one attached hydrogen (secondary N) is 2. The standard InChI is InChI=1S/C29H34F3N5O3S/c1-20(2)28(38)18-36-15-12-22(13-16-36)35-26-6-3-7-27-25(26)17-23(37(27)19-29(30,31)32)5-4-14-34-21-8-10-24(11-9-21)41(33,39)40/h3,6-11,17,20,22,34-35H,12-16,18-19H2,1-2H3,(H2,33,39,40). The van der Waals surface area contributed by atoms with E-state index >= 15 is 0 Å². The van der Waals surface area contributed by atoms with Crippen molar-refractivity contribution in [2.45, 2.75) is 50.3 Å². The molecule has 8 nitrogen and oxygen atoms in total. The summed E-state index contributed by atoms with van der Waals surface area (Å²) < 4.78 is 64.6. The average Bonchev–Trinajstić information content (AvgIpc) is 3.24. The minimum absolute atomic E-state index is 0.00119.